The first-order valence-electron chi connectivity index (χ1n) is 5.64. The summed E-state index contributed by atoms with van der Waals surface area (Å²) in [6.45, 7) is 7.10. The normalized spacial score (nSPS) is 11.3. The number of hydrogen-bond donors (Lipinski definition) is 1. The zero-order valence-electron chi connectivity index (χ0n) is 10.4. The van der Waals surface area contributed by atoms with Crippen molar-refractivity contribution in [3.8, 4) is 0 Å². The van der Waals surface area contributed by atoms with Crippen LogP contribution < -0.4 is 10.5 Å². The highest BCUT2D eigenvalue weighted by molar-refractivity contribution is 5.86. The molecule has 0 spiro atoms. The van der Waals surface area contributed by atoms with Gasteiger partial charge in [0.15, 0.2) is 0 Å². The summed E-state index contributed by atoms with van der Waals surface area (Å²) in [7, 11) is 0. The van der Waals surface area contributed by atoms with Crippen molar-refractivity contribution >= 4 is 16.6 Å². The Hall–Kier alpha value is -2.50. The lowest BCUT2D eigenvalue weighted by atomic mass is 10.1. The maximum atomic E-state index is 13.0. The van der Waals surface area contributed by atoms with Crippen LogP contribution in [0.5, 0.6) is 0 Å². The maximum Gasteiger partial charge on any atom is 0.417 e. The minimum absolute atomic E-state index is 0.0803. The Bertz CT molecular complexity index is 723. The Morgan fingerprint density at radius 3 is 2.35 bits per heavy atom. The topological polar surface area (TPSA) is 36.1 Å². The second-order valence-electron chi connectivity index (χ2n) is 4.05. The van der Waals surface area contributed by atoms with Crippen LogP contribution in [0.25, 0.3) is 10.9 Å². The van der Waals surface area contributed by atoms with Crippen molar-refractivity contribution in [3.63, 3.8) is 0 Å². The standard InChI is InChI=1S/C14H11F3N2O/c1-3-19(4-2)9-5-6-12-10(7-9)11(14(15,16)17)8-13(20)18-12/h3-8H,1-2H2,(H,18,20). The van der Waals surface area contributed by atoms with E-state index in [1.807, 2.05) is 0 Å². The van der Waals surface area contributed by atoms with E-state index in [2.05, 4.69) is 18.1 Å². The van der Waals surface area contributed by atoms with Gasteiger partial charge in [0.05, 0.1) is 5.56 Å². The molecule has 3 nitrogen and oxygen atoms in total. The van der Waals surface area contributed by atoms with Gasteiger partial charge in [-0.15, -0.1) is 0 Å². The zero-order valence-corrected chi connectivity index (χ0v) is 10.4. The van der Waals surface area contributed by atoms with Crippen molar-refractivity contribution in [2.45, 2.75) is 6.18 Å². The smallest absolute Gasteiger partial charge is 0.325 e. The van der Waals surface area contributed by atoms with Crippen LogP contribution >= 0.6 is 0 Å². The average Bonchev–Trinajstić information content (AvgIpc) is 2.38. The van der Waals surface area contributed by atoms with Crippen LogP contribution in [0.4, 0.5) is 18.9 Å². The summed E-state index contributed by atoms with van der Waals surface area (Å²) < 4.78 is 39.0. The third kappa shape index (κ3) is 2.45. The van der Waals surface area contributed by atoms with Crippen LogP contribution in [0.2, 0.25) is 0 Å². The van der Waals surface area contributed by atoms with E-state index in [0.717, 1.165) is 0 Å². The monoisotopic (exact) mass is 280 g/mol. The van der Waals surface area contributed by atoms with Gasteiger partial charge in [-0.1, -0.05) is 13.2 Å². The fraction of sp³-hybridized carbons (Fsp3) is 0.0714. The molecule has 0 bridgehead atoms. The summed E-state index contributed by atoms with van der Waals surface area (Å²) in [5, 5.41) is -0.0803. The van der Waals surface area contributed by atoms with Gasteiger partial charge in [-0.05, 0) is 18.2 Å². The fourth-order valence-corrected chi connectivity index (χ4v) is 1.92. The lowest BCUT2D eigenvalue weighted by Crippen LogP contribution is -2.14. The third-order valence-corrected chi connectivity index (χ3v) is 2.82. The molecule has 0 saturated carbocycles. The number of aromatic nitrogens is 1. The molecule has 0 saturated heterocycles. The first-order valence-corrected chi connectivity index (χ1v) is 5.64. The number of benzene rings is 1. The molecule has 0 atom stereocenters. The highest BCUT2D eigenvalue weighted by Crippen LogP contribution is 2.34. The number of nitrogens with one attached hydrogen (secondary N) is 1. The number of aromatic amines is 1. The molecule has 0 radical (unpaired) electrons. The van der Waals surface area contributed by atoms with Gasteiger partial charge in [-0.2, -0.15) is 13.2 Å². The molecule has 1 N–H and O–H groups in total. The van der Waals surface area contributed by atoms with Gasteiger partial charge in [0, 0.05) is 35.1 Å². The molecule has 2 rings (SSSR count). The van der Waals surface area contributed by atoms with Crippen LogP contribution in [0.3, 0.4) is 0 Å². The molecule has 0 aliphatic rings. The van der Waals surface area contributed by atoms with E-state index in [9.17, 15) is 18.0 Å². The Morgan fingerprint density at radius 1 is 1.15 bits per heavy atom. The van der Waals surface area contributed by atoms with Gasteiger partial charge in [-0.25, -0.2) is 0 Å². The summed E-state index contributed by atoms with van der Waals surface area (Å²) in [5.41, 5.74) is -1.16. The van der Waals surface area contributed by atoms with E-state index in [1.165, 1.54) is 29.4 Å². The lowest BCUT2D eigenvalue weighted by Gasteiger charge is -2.16. The number of nitrogens with zero attached hydrogens (tertiary/aromatic N) is 1. The van der Waals surface area contributed by atoms with Gasteiger partial charge in [-0.3, -0.25) is 4.79 Å². The summed E-state index contributed by atoms with van der Waals surface area (Å²) in [6, 6.07) is 4.87. The molecule has 0 unspecified atom stereocenters. The fourth-order valence-electron chi connectivity index (χ4n) is 1.92. The first kappa shape index (κ1) is 13.9. The predicted octanol–water partition coefficient (Wildman–Crippen LogP) is 3.64. The molecule has 104 valence electrons. The molecule has 6 heteroatoms. The van der Waals surface area contributed by atoms with Crippen molar-refractivity contribution in [2.75, 3.05) is 4.90 Å². The van der Waals surface area contributed by atoms with Gasteiger partial charge >= 0.3 is 6.18 Å². The van der Waals surface area contributed by atoms with Crippen LogP contribution in [0.1, 0.15) is 5.56 Å². The second-order valence-corrected chi connectivity index (χ2v) is 4.05. The zero-order chi connectivity index (χ0) is 14.9. The number of rotatable bonds is 3. The van der Waals surface area contributed by atoms with E-state index in [-0.39, 0.29) is 10.9 Å². The number of pyridine rings is 1. The Labute approximate surface area is 112 Å². The predicted molar refractivity (Wildman–Crippen MR) is 72.4 cm³/mol. The van der Waals surface area contributed by atoms with E-state index in [1.54, 1.807) is 6.07 Å². The van der Waals surface area contributed by atoms with E-state index < -0.39 is 17.3 Å². The van der Waals surface area contributed by atoms with Crippen molar-refractivity contribution in [1.29, 1.82) is 0 Å². The largest absolute Gasteiger partial charge is 0.417 e. The molecule has 0 fully saturated rings. The molecular weight excluding hydrogens is 269 g/mol. The number of halogens is 3. The molecule has 0 aliphatic carbocycles. The molecule has 1 aromatic heterocycles. The molecule has 2 aromatic rings. The van der Waals surface area contributed by atoms with Crippen molar-refractivity contribution in [3.05, 3.63) is 65.7 Å². The van der Waals surface area contributed by atoms with Crippen LogP contribution in [-0.2, 0) is 6.18 Å². The number of anilines is 1. The average molecular weight is 280 g/mol. The minimum atomic E-state index is -4.60. The molecule has 0 amide bonds. The Kier molecular flexibility index (Phi) is 3.40. The van der Waals surface area contributed by atoms with Crippen LogP contribution in [0, 0.1) is 0 Å². The van der Waals surface area contributed by atoms with Crippen molar-refractivity contribution < 1.29 is 13.2 Å². The van der Waals surface area contributed by atoms with Gasteiger partial charge in [0.25, 0.3) is 0 Å². The molecule has 20 heavy (non-hydrogen) atoms. The molecule has 1 heterocycles. The van der Waals surface area contributed by atoms with E-state index in [0.29, 0.717) is 11.8 Å². The maximum absolute atomic E-state index is 13.0. The number of fused-ring (bicyclic) bond motifs is 1. The summed E-state index contributed by atoms with van der Waals surface area (Å²) in [4.78, 5) is 15.1. The first-order chi connectivity index (χ1) is 9.36. The quantitative estimate of drug-likeness (QED) is 0.931. The molecule has 1 aromatic carbocycles. The lowest BCUT2D eigenvalue weighted by molar-refractivity contribution is -0.136. The van der Waals surface area contributed by atoms with Gasteiger partial charge in [0.2, 0.25) is 5.56 Å². The van der Waals surface area contributed by atoms with Crippen molar-refractivity contribution in [2.24, 2.45) is 0 Å². The second kappa shape index (κ2) is 4.88. The molecular formula is C14H11F3N2O. The van der Waals surface area contributed by atoms with Crippen LogP contribution in [0.15, 0.2) is 54.6 Å². The van der Waals surface area contributed by atoms with Crippen molar-refractivity contribution in [1.82, 2.24) is 4.98 Å². The van der Waals surface area contributed by atoms with E-state index >= 15 is 0 Å². The van der Waals surface area contributed by atoms with Gasteiger partial charge < -0.3 is 9.88 Å². The highest BCUT2D eigenvalue weighted by Gasteiger charge is 2.33. The number of alkyl halides is 3. The molecule has 0 aliphatic heterocycles. The number of H-pyrrole nitrogens is 1. The SMILES string of the molecule is C=CN(C=C)c1ccc2[nH]c(=O)cc(C(F)(F)F)c2c1. The van der Waals surface area contributed by atoms with E-state index in [4.69, 9.17) is 0 Å². The minimum Gasteiger partial charge on any atom is -0.325 e. The third-order valence-electron chi connectivity index (χ3n) is 2.82. The van der Waals surface area contributed by atoms with Crippen LogP contribution in [-0.4, -0.2) is 4.98 Å². The van der Waals surface area contributed by atoms with Gasteiger partial charge in [0.1, 0.15) is 0 Å². The summed E-state index contributed by atoms with van der Waals surface area (Å²) in [6.07, 6.45) is -1.75. The summed E-state index contributed by atoms with van der Waals surface area (Å²) >= 11 is 0. The number of hydrogen-bond acceptors (Lipinski definition) is 2. The summed E-state index contributed by atoms with van der Waals surface area (Å²) in [5.74, 6) is 0. The highest BCUT2D eigenvalue weighted by atomic mass is 19.4. The Balaban J connectivity index is 2.79. The Morgan fingerprint density at radius 2 is 1.80 bits per heavy atom.